The molecule has 32 heavy (non-hydrogen) atoms. The van der Waals surface area contributed by atoms with Crippen LogP contribution in [-0.4, -0.2) is 47.2 Å². The van der Waals surface area contributed by atoms with E-state index in [2.05, 4.69) is 11.0 Å². The molecule has 5 rings (SSSR count). The lowest BCUT2D eigenvalue weighted by Crippen LogP contribution is -2.55. The van der Waals surface area contributed by atoms with E-state index in [0.29, 0.717) is 30.8 Å². The molecule has 158 valence electrons. The van der Waals surface area contributed by atoms with Gasteiger partial charge in [-0.05, 0) is 49.4 Å². The Morgan fingerprint density at radius 1 is 1.03 bits per heavy atom. The summed E-state index contributed by atoms with van der Waals surface area (Å²) in [6.07, 6.45) is 0. The third-order valence-electron chi connectivity index (χ3n) is 5.87. The number of carbonyl (C=O) groups is 1. The van der Waals surface area contributed by atoms with Gasteiger partial charge in [0.15, 0.2) is 5.75 Å². The number of piperazine rings is 1. The largest absolute Gasteiger partial charge is 0.454 e. The predicted molar refractivity (Wildman–Crippen MR) is 122 cm³/mol. The van der Waals surface area contributed by atoms with E-state index in [1.165, 1.54) is 0 Å². The van der Waals surface area contributed by atoms with Crippen LogP contribution >= 0.6 is 0 Å². The zero-order valence-electron chi connectivity index (χ0n) is 17.7. The van der Waals surface area contributed by atoms with Gasteiger partial charge in [0.2, 0.25) is 0 Å². The number of carbonyl (C=O) groups excluding carboxylic acids is 1. The lowest BCUT2D eigenvalue weighted by molar-refractivity contribution is 0.0581. The fourth-order valence-electron chi connectivity index (χ4n) is 4.25. The molecule has 1 fully saturated rings. The Labute approximate surface area is 187 Å². The van der Waals surface area contributed by atoms with Crippen molar-refractivity contribution in [3.05, 3.63) is 89.5 Å². The Balaban J connectivity index is 1.43. The molecule has 6 nitrogen and oxygen atoms in total. The minimum absolute atomic E-state index is 0.0173. The number of hydrogen-bond acceptors (Lipinski definition) is 5. The van der Waals surface area contributed by atoms with Gasteiger partial charge >= 0.3 is 0 Å². The molecule has 1 amide bonds. The Kier molecular flexibility index (Phi) is 5.08. The smallest absolute Gasteiger partial charge is 0.254 e. The van der Waals surface area contributed by atoms with Gasteiger partial charge in [-0.3, -0.25) is 4.79 Å². The van der Waals surface area contributed by atoms with Crippen molar-refractivity contribution in [1.82, 2.24) is 9.80 Å². The Bertz CT molecular complexity index is 1260. The van der Waals surface area contributed by atoms with E-state index >= 15 is 0 Å². The summed E-state index contributed by atoms with van der Waals surface area (Å²) in [4.78, 5) is 22.2. The van der Waals surface area contributed by atoms with Crippen molar-refractivity contribution in [2.75, 3.05) is 19.6 Å². The van der Waals surface area contributed by atoms with E-state index in [1.54, 1.807) is 24.3 Å². The van der Waals surface area contributed by atoms with Crippen LogP contribution in [0.3, 0.4) is 0 Å². The van der Waals surface area contributed by atoms with Crippen molar-refractivity contribution in [2.24, 2.45) is 4.99 Å². The second-order valence-corrected chi connectivity index (χ2v) is 7.99. The summed E-state index contributed by atoms with van der Waals surface area (Å²) in [6, 6.07) is 24.7. The molecule has 2 aliphatic rings. The van der Waals surface area contributed by atoms with E-state index in [4.69, 9.17) is 15.0 Å². The zero-order valence-corrected chi connectivity index (χ0v) is 17.7. The summed E-state index contributed by atoms with van der Waals surface area (Å²) in [5.74, 6) is 2.31. The van der Waals surface area contributed by atoms with Gasteiger partial charge in [0.25, 0.3) is 5.91 Å². The Morgan fingerprint density at radius 2 is 1.81 bits per heavy atom. The standard InChI is InChI=1S/C26H22N4O2/c1-18-17-29(13-14-30(18)26(31)20-8-6-7-19(15-20)16-27)25-21-9-2-4-11-23(21)32-24-12-5-3-10-22(24)28-25/h2-12,15,18H,13-14,17H2,1H3. The van der Waals surface area contributed by atoms with Crippen LogP contribution in [-0.2, 0) is 0 Å². The molecule has 0 radical (unpaired) electrons. The first-order valence-electron chi connectivity index (χ1n) is 10.6. The van der Waals surface area contributed by atoms with Crippen molar-refractivity contribution in [3.63, 3.8) is 0 Å². The number of amides is 1. The number of para-hydroxylation sites is 3. The van der Waals surface area contributed by atoms with Crippen LogP contribution in [0.2, 0.25) is 0 Å². The van der Waals surface area contributed by atoms with E-state index in [-0.39, 0.29) is 11.9 Å². The average Bonchev–Trinajstić information content (AvgIpc) is 3.00. The number of nitrogens with zero attached hydrogens (tertiary/aromatic N) is 4. The highest BCUT2D eigenvalue weighted by Crippen LogP contribution is 2.38. The number of rotatable bonds is 1. The average molecular weight is 422 g/mol. The van der Waals surface area contributed by atoms with E-state index < -0.39 is 0 Å². The summed E-state index contributed by atoms with van der Waals surface area (Å²) in [7, 11) is 0. The van der Waals surface area contributed by atoms with Crippen LogP contribution in [0, 0.1) is 11.3 Å². The first kappa shape index (κ1) is 19.8. The number of hydrogen-bond donors (Lipinski definition) is 0. The van der Waals surface area contributed by atoms with Crippen LogP contribution < -0.4 is 4.74 Å². The van der Waals surface area contributed by atoms with Crippen LogP contribution in [0.5, 0.6) is 11.5 Å². The third-order valence-corrected chi connectivity index (χ3v) is 5.87. The summed E-state index contributed by atoms with van der Waals surface area (Å²) in [5.41, 5.74) is 2.77. The quantitative estimate of drug-likeness (QED) is 0.575. The minimum Gasteiger partial charge on any atom is -0.454 e. The van der Waals surface area contributed by atoms with Gasteiger partial charge in [-0.2, -0.15) is 5.26 Å². The summed E-state index contributed by atoms with van der Waals surface area (Å²) in [6.45, 7) is 3.93. The van der Waals surface area contributed by atoms with Crippen molar-refractivity contribution >= 4 is 17.4 Å². The predicted octanol–water partition coefficient (Wildman–Crippen LogP) is 4.59. The van der Waals surface area contributed by atoms with Gasteiger partial charge in [0.1, 0.15) is 17.3 Å². The van der Waals surface area contributed by atoms with E-state index in [9.17, 15) is 4.79 Å². The van der Waals surface area contributed by atoms with Gasteiger partial charge in [-0.25, -0.2) is 4.99 Å². The molecule has 2 aliphatic heterocycles. The normalized spacial score (nSPS) is 17.2. The summed E-state index contributed by atoms with van der Waals surface area (Å²) < 4.78 is 6.16. The van der Waals surface area contributed by atoms with Crippen LogP contribution in [0.4, 0.5) is 5.69 Å². The molecule has 0 saturated carbocycles. The maximum absolute atomic E-state index is 13.1. The lowest BCUT2D eigenvalue weighted by Gasteiger charge is -2.41. The first-order valence-corrected chi connectivity index (χ1v) is 10.6. The molecule has 0 aromatic heterocycles. The zero-order chi connectivity index (χ0) is 22.1. The minimum atomic E-state index is -0.0499. The van der Waals surface area contributed by atoms with Crippen molar-refractivity contribution in [1.29, 1.82) is 5.26 Å². The number of fused-ring (bicyclic) bond motifs is 2. The Morgan fingerprint density at radius 3 is 2.62 bits per heavy atom. The topological polar surface area (TPSA) is 68.9 Å². The molecular weight excluding hydrogens is 400 g/mol. The molecule has 6 heteroatoms. The van der Waals surface area contributed by atoms with Crippen molar-refractivity contribution in [2.45, 2.75) is 13.0 Å². The molecule has 0 spiro atoms. The molecule has 0 aliphatic carbocycles. The van der Waals surface area contributed by atoms with Gasteiger partial charge in [0.05, 0.1) is 17.2 Å². The highest BCUT2D eigenvalue weighted by atomic mass is 16.5. The van der Waals surface area contributed by atoms with Crippen LogP contribution in [0.1, 0.15) is 28.4 Å². The van der Waals surface area contributed by atoms with Gasteiger partial charge in [-0.15, -0.1) is 0 Å². The van der Waals surface area contributed by atoms with Crippen molar-refractivity contribution < 1.29 is 9.53 Å². The number of benzene rings is 3. The Hall–Kier alpha value is -4.11. The maximum Gasteiger partial charge on any atom is 0.254 e. The highest BCUT2D eigenvalue weighted by Gasteiger charge is 2.31. The number of ether oxygens (including phenoxy) is 1. The fraction of sp³-hybridized carbons (Fsp3) is 0.192. The molecule has 1 atom stereocenters. The second-order valence-electron chi connectivity index (χ2n) is 7.99. The third kappa shape index (κ3) is 3.58. The molecule has 1 unspecified atom stereocenters. The molecule has 3 aromatic carbocycles. The van der Waals surface area contributed by atoms with Gasteiger partial charge in [0, 0.05) is 31.2 Å². The van der Waals surface area contributed by atoms with Crippen LogP contribution in [0.25, 0.3) is 0 Å². The molecule has 0 bridgehead atoms. The summed E-state index contributed by atoms with van der Waals surface area (Å²) in [5, 5.41) is 9.15. The second kappa shape index (κ2) is 8.20. The van der Waals surface area contributed by atoms with E-state index in [1.807, 2.05) is 60.4 Å². The first-order chi connectivity index (χ1) is 15.6. The number of nitriles is 1. The molecule has 3 aromatic rings. The molecule has 1 saturated heterocycles. The maximum atomic E-state index is 13.1. The summed E-state index contributed by atoms with van der Waals surface area (Å²) >= 11 is 0. The van der Waals surface area contributed by atoms with Crippen LogP contribution in [0.15, 0.2) is 77.8 Å². The van der Waals surface area contributed by atoms with Gasteiger partial charge < -0.3 is 14.5 Å². The molecule has 2 heterocycles. The molecular formula is C26H22N4O2. The van der Waals surface area contributed by atoms with Gasteiger partial charge in [-0.1, -0.05) is 30.3 Å². The number of aliphatic imine (C=N–C) groups is 1. The van der Waals surface area contributed by atoms with E-state index in [0.717, 1.165) is 28.6 Å². The molecule has 0 N–H and O–H groups in total. The SMILES string of the molecule is CC1CN(C2=Nc3ccccc3Oc3ccccc32)CCN1C(=O)c1cccc(C#N)c1. The fourth-order valence-corrected chi connectivity index (χ4v) is 4.25. The lowest BCUT2D eigenvalue weighted by atomic mass is 10.1. The van der Waals surface area contributed by atoms with Crippen molar-refractivity contribution in [3.8, 4) is 17.6 Å². The monoisotopic (exact) mass is 422 g/mol. The highest BCUT2D eigenvalue weighted by molar-refractivity contribution is 6.04. The number of amidine groups is 1.